The molecule has 0 aliphatic rings. The third kappa shape index (κ3) is 2.22. The average Bonchev–Trinajstić information content (AvgIpc) is 2.72. The molecule has 0 saturated heterocycles. The van der Waals surface area contributed by atoms with Crippen molar-refractivity contribution in [3.63, 3.8) is 0 Å². The summed E-state index contributed by atoms with van der Waals surface area (Å²) < 4.78 is 4.34. The van der Waals surface area contributed by atoms with Crippen LogP contribution >= 0.6 is 11.5 Å². The van der Waals surface area contributed by atoms with E-state index in [2.05, 4.69) is 4.37 Å². The maximum Gasteiger partial charge on any atom is 0.263 e. The zero-order valence-electron chi connectivity index (χ0n) is 8.83. The van der Waals surface area contributed by atoms with Gasteiger partial charge >= 0.3 is 0 Å². The lowest BCUT2D eigenvalue weighted by atomic mass is 10.2. The fraction of sp³-hybridized carbons (Fsp3) is 0.364. The van der Waals surface area contributed by atoms with Crippen molar-refractivity contribution in [3.05, 3.63) is 24.3 Å². The predicted octanol–water partition coefficient (Wildman–Crippen LogP) is 1.05. The van der Waals surface area contributed by atoms with Crippen LogP contribution in [0.5, 0.6) is 0 Å². The van der Waals surface area contributed by atoms with Crippen LogP contribution in [0.2, 0.25) is 0 Å². The van der Waals surface area contributed by atoms with Gasteiger partial charge < -0.3 is 10.2 Å². The van der Waals surface area contributed by atoms with Crippen LogP contribution in [0.15, 0.2) is 24.3 Å². The first-order valence-electron chi connectivity index (χ1n) is 5.18. The molecular weight excluding hydrogens is 224 g/mol. The van der Waals surface area contributed by atoms with Gasteiger partial charge in [-0.2, -0.15) is 4.37 Å². The van der Waals surface area contributed by atoms with E-state index in [1.54, 1.807) is 0 Å². The summed E-state index contributed by atoms with van der Waals surface area (Å²) in [6.07, 6.45) is 0. The minimum Gasteiger partial charge on any atom is -0.390 e. The molecular formula is C11H14N2O2S+. The molecule has 0 aliphatic heterocycles. The zero-order chi connectivity index (χ0) is 11.4. The molecule has 4 nitrogen and oxygen atoms in total. The van der Waals surface area contributed by atoms with Crippen LogP contribution in [0.3, 0.4) is 0 Å². The first kappa shape index (κ1) is 11.5. The number of aromatic nitrogens is 1. The minimum absolute atomic E-state index is 0.0756. The number of anilines is 1. The van der Waals surface area contributed by atoms with Crippen molar-refractivity contribution in [1.82, 2.24) is 9.27 Å². The van der Waals surface area contributed by atoms with Gasteiger partial charge in [-0.1, -0.05) is 12.1 Å². The first-order chi connectivity index (χ1) is 7.86. The molecule has 85 valence electrons. The molecule has 5 heteroatoms. The number of rotatable bonds is 5. The number of aliphatic hydroxyl groups is 2. The fourth-order valence-electron chi connectivity index (χ4n) is 1.66. The van der Waals surface area contributed by atoms with Gasteiger partial charge in [-0.3, -0.25) is 0 Å². The van der Waals surface area contributed by atoms with Crippen molar-refractivity contribution < 1.29 is 10.2 Å². The van der Waals surface area contributed by atoms with E-state index < -0.39 is 0 Å². The molecule has 2 aromatic rings. The van der Waals surface area contributed by atoms with Crippen molar-refractivity contribution in [1.29, 1.82) is 0 Å². The lowest BCUT2D eigenvalue weighted by molar-refractivity contribution is 0.244. The third-order valence-corrected chi connectivity index (χ3v) is 3.33. The van der Waals surface area contributed by atoms with Crippen LogP contribution in [-0.2, 0) is 0 Å². The van der Waals surface area contributed by atoms with Gasteiger partial charge in [-0.05, 0) is 12.1 Å². The molecule has 0 fully saturated rings. The first-order valence-corrected chi connectivity index (χ1v) is 5.95. The smallest absolute Gasteiger partial charge is 0.263 e. The standard InChI is InChI=1S/C11H14N2O2S/c14-7-5-13(6-8-15)11-9-3-1-2-4-10(9)12-16-11/h1-4,14-15H,5-8H2/q+1. The molecule has 0 spiro atoms. The summed E-state index contributed by atoms with van der Waals surface area (Å²) in [5.41, 5.74) is 0.961. The van der Waals surface area contributed by atoms with E-state index in [-0.39, 0.29) is 13.2 Å². The molecule has 1 aromatic heterocycles. The highest BCUT2D eigenvalue weighted by Crippen LogP contribution is 2.30. The number of hydrogen-bond donors (Lipinski definition) is 2. The lowest BCUT2D eigenvalue weighted by Gasteiger charge is -2.06. The molecule has 0 saturated carbocycles. The van der Waals surface area contributed by atoms with E-state index in [1.165, 1.54) is 11.5 Å². The maximum absolute atomic E-state index is 9.00. The molecule has 2 rings (SSSR count). The van der Waals surface area contributed by atoms with E-state index in [0.29, 0.717) is 13.1 Å². The van der Waals surface area contributed by atoms with Crippen LogP contribution in [-0.4, -0.2) is 40.9 Å². The quantitative estimate of drug-likeness (QED) is 0.766. The molecule has 1 radical (unpaired) electrons. The maximum atomic E-state index is 9.00. The van der Waals surface area contributed by atoms with E-state index in [1.807, 2.05) is 29.2 Å². The summed E-state index contributed by atoms with van der Waals surface area (Å²) in [6.45, 7) is 1.19. The van der Waals surface area contributed by atoms with Gasteiger partial charge in [-0.15, -0.1) is 4.90 Å². The average molecular weight is 238 g/mol. The van der Waals surface area contributed by atoms with Crippen LogP contribution in [0.4, 0.5) is 5.00 Å². The van der Waals surface area contributed by atoms with Crippen molar-refractivity contribution in [3.8, 4) is 0 Å². The molecule has 1 heterocycles. The summed E-state index contributed by atoms with van der Waals surface area (Å²) >= 11 is 1.40. The normalized spacial score (nSPS) is 11.4. The monoisotopic (exact) mass is 238 g/mol. The minimum atomic E-state index is 0.0756. The highest BCUT2D eigenvalue weighted by Gasteiger charge is 2.23. The summed E-state index contributed by atoms with van der Waals surface area (Å²) in [7, 11) is 0. The Balaban J connectivity index is 2.36. The summed E-state index contributed by atoms with van der Waals surface area (Å²) in [4.78, 5) is 1.96. The Kier molecular flexibility index (Phi) is 3.84. The summed E-state index contributed by atoms with van der Waals surface area (Å²) in [5, 5.41) is 20.1. The summed E-state index contributed by atoms with van der Waals surface area (Å²) in [5.74, 6) is 0. The van der Waals surface area contributed by atoms with E-state index >= 15 is 0 Å². The highest BCUT2D eigenvalue weighted by atomic mass is 32.1. The van der Waals surface area contributed by atoms with Crippen molar-refractivity contribution in [2.24, 2.45) is 0 Å². The largest absolute Gasteiger partial charge is 0.390 e. The van der Waals surface area contributed by atoms with Gasteiger partial charge in [0.15, 0.2) is 13.1 Å². The van der Waals surface area contributed by atoms with Crippen LogP contribution in [0.25, 0.3) is 10.9 Å². The number of nitrogens with zero attached hydrogens (tertiary/aromatic N) is 2. The van der Waals surface area contributed by atoms with Gasteiger partial charge in [0.2, 0.25) is 0 Å². The number of benzene rings is 1. The molecule has 16 heavy (non-hydrogen) atoms. The second kappa shape index (κ2) is 5.36. The van der Waals surface area contributed by atoms with Crippen LogP contribution in [0, 0.1) is 0 Å². The Hall–Kier alpha value is -1.01. The second-order valence-corrected chi connectivity index (χ2v) is 4.19. The molecule has 0 atom stereocenters. The van der Waals surface area contributed by atoms with Crippen LogP contribution < -0.4 is 4.90 Å². The summed E-state index contributed by atoms with van der Waals surface area (Å²) in [6, 6.07) is 7.89. The van der Waals surface area contributed by atoms with Crippen molar-refractivity contribution in [2.75, 3.05) is 26.3 Å². The molecule has 0 bridgehead atoms. The SMILES string of the molecule is OCC[N+](CCO)c1snc2ccccc12. The fourth-order valence-corrected chi connectivity index (χ4v) is 2.57. The molecule has 2 N–H and O–H groups in total. The Labute approximate surface area is 97.9 Å². The number of fused-ring (bicyclic) bond motifs is 1. The molecule has 0 unspecified atom stereocenters. The third-order valence-electron chi connectivity index (χ3n) is 2.39. The Bertz CT molecular complexity index is 452. The Morgan fingerprint density at radius 3 is 2.50 bits per heavy atom. The molecule has 0 aliphatic carbocycles. The predicted molar refractivity (Wildman–Crippen MR) is 65.3 cm³/mol. The molecule has 1 aromatic carbocycles. The van der Waals surface area contributed by atoms with E-state index in [4.69, 9.17) is 10.2 Å². The van der Waals surface area contributed by atoms with Gasteiger partial charge in [0.1, 0.15) is 0 Å². The van der Waals surface area contributed by atoms with Crippen molar-refractivity contribution in [2.45, 2.75) is 0 Å². The lowest BCUT2D eigenvalue weighted by Crippen LogP contribution is -2.30. The number of hydrogen-bond acceptors (Lipinski definition) is 5. The van der Waals surface area contributed by atoms with Gasteiger partial charge in [0.05, 0.1) is 24.1 Å². The zero-order valence-corrected chi connectivity index (χ0v) is 9.65. The Morgan fingerprint density at radius 2 is 1.81 bits per heavy atom. The second-order valence-electron chi connectivity index (χ2n) is 3.44. The van der Waals surface area contributed by atoms with Gasteiger partial charge in [0, 0.05) is 11.5 Å². The van der Waals surface area contributed by atoms with E-state index in [9.17, 15) is 0 Å². The number of aliphatic hydroxyl groups excluding tert-OH is 2. The molecule has 0 amide bonds. The van der Waals surface area contributed by atoms with E-state index in [0.717, 1.165) is 15.9 Å². The van der Waals surface area contributed by atoms with Gasteiger partial charge in [-0.25, -0.2) is 0 Å². The topological polar surface area (TPSA) is 59.2 Å². The van der Waals surface area contributed by atoms with Crippen molar-refractivity contribution >= 4 is 27.4 Å². The van der Waals surface area contributed by atoms with Crippen LogP contribution in [0.1, 0.15) is 0 Å². The highest BCUT2D eigenvalue weighted by molar-refractivity contribution is 7.11. The Morgan fingerprint density at radius 1 is 1.12 bits per heavy atom. The van der Waals surface area contributed by atoms with Gasteiger partial charge in [0.25, 0.3) is 5.00 Å².